The largest absolute Gasteiger partial charge is 0.339 e. The van der Waals surface area contributed by atoms with Crippen LogP contribution in [0.4, 0.5) is 10.8 Å². The van der Waals surface area contributed by atoms with Gasteiger partial charge in [-0.25, -0.2) is 4.98 Å². The Kier molecular flexibility index (Phi) is 5.27. The maximum Gasteiger partial charge on any atom is 0.253 e. The highest BCUT2D eigenvalue weighted by Crippen LogP contribution is 2.19. The first-order valence-electron chi connectivity index (χ1n) is 7.16. The van der Waals surface area contributed by atoms with Crippen molar-refractivity contribution in [2.75, 3.05) is 18.4 Å². The van der Waals surface area contributed by atoms with Crippen molar-refractivity contribution in [3.05, 3.63) is 35.7 Å². The van der Waals surface area contributed by atoms with Crippen LogP contribution in [0, 0.1) is 0 Å². The van der Waals surface area contributed by atoms with Crippen LogP contribution in [0.5, 0.6) is 0 Å². The van der Waals surface area contributed by atoms with Crippen LogP contribution >= 0.6 is 11.5 Å². The predicted octanol–water partition coefficient (Wildman–Crippen LogP) is 3.33. The van der Waals surface area contributed by atoms with E-state index in [-0.39, 0.29) is 5.91 Å². The Hall–Kier alpha value is -1.95. The van der Waals surface area contributed by atoms with E-state index in [0.717, 1.165) is 36.2 Å². The fourth-order valence-electron chi connectivity index (χ4n) is 1.96. The number of carbonyl (C=O) groups excluding carboxylic acids is 1. The summed E-state index contributed by atoms with van der Waals surface area (Å²) >= 11 is 1.34. The SMILES string of the molecule is CCc1nsc(Nc2ccc(C(=O)N(CC)CC)cc2)n1. The second-order valence-corrected chi connectivity index (χ2v) is 5.30. The van der Waals surface area contributed by atoms with Gasteiger partial charge < -0.3 is 10.2 Å². The van der Waals surface area contributed by atoms with Crippen LogP contribution in [0.2, 0.25) is 0 Å². The summed E-state index contributed by atoms with van der Waals surface area (Å²) in [5, 5.41) is 3.97. The molecule has 0 aliphatic carbocycles. The predicted molar refractivity (Wildman–Crippen MR) is 86.3 cm³/mol. The number of hydrogen-bond donors (Lipinski definition) is 1. The van der Waals surface area contributed by atoms with Crippen LogP contribution in [0.3, 0.4) is 0 Å². The second-order valence-electron chi connectivity index (χ2n) is 4.55. The summed E-state index contributed by atoms with van der Waals surface area (Å²) < 4.78 is 4.23. The molecule has 0 aliphatic heterocycles. The molecule has 0 radical (unpaired) electrons. The van der Waals surface area contributed by atoms with Gasteiger partial charge in [0.1, 0.15) is 5.82 Å². The van der Waals surface area contributed by atoms with Gasteiger partial charge in [-0.3, -0.25) is 4.79 Å². The molecule has 0 saturated heterocycles. The standard InChI is InChI=1S/C15H20N4OS/c1-4-13-17-15(21-18-13)16-12-9-7-11(8-10-12)14(20)19(5-2)6-3/h7-10H,4-6H2,1-3H3,(H,16,17,18). The minimum atomic E-state index is 0.0655. The summed E-state index contributed by atoms with van der Waals surface area (Å²) in [6.45, 7) is 7.44. The Labute approximate surface area is 129 Å². The Bertz CT molecular complexity index is 590. The lowest BCUT2D eigenvalue weighted by atomic mass is 10.2. The van der Waals surface area contributed by atoms with Gasteiger partial charge in [0.15, 0.2) is 0 Å². The van der Waals surface area contributed by atoms with Crippen molar-refractivity contribution in [1.29, 1.82) is 0 Å². The van der Waals surface area contributed by atoms with Gasteiger partial charge in [-0.2, -0.15) is 4.37 Å². The first-order chi connectivity index (χ1) is 10.2. The molecule has 1 N–H and O–H groups in total. The van der Waals surface area contributed by atoms with E-state index in [1.165, 1.54) is 11.5 Å². The van der Waals surface area contributed by atoms with Crippen molar-refractivity contribution in [2.24, 2.45) is 0 Å². The van der Waals surface area contributed by atoms with E-state index in [2.05, 4.69) is 14.7 Å². The van der Waals surface area contributed by atoms with Crippen molar-refractivity contribution < 1.29 is 4.79 Å². The Morgan fingerprint density at radius 2 is 1.86 bits per heavy atom. The van der Waals surface area contributed by atoms with Crippen molar-refractivity contribution >= 4 is 28.3 Å². The minimum Gasteiger partial charge on any atom is -0.339 e. The van der Waals surface area contributed by atoms with Gasteiger partial charge in [0, 0.05) is 42.3 Å². The molecule has 112 valence electrons. The number of benzene rings is 1. The topological polar surface area (TPSA) is 58.1 Å². The summed E-state index contributed by atoms with van der Waals surface area (Å²) in [7, 11) is 0. The van der Waals surface area contributed by atoms with Crippen molar-refractivity contribution in [3.8, 4) is 0 Å². The smallest absolute Gasteiger partial charge is 0.253 e. The number of amides is 1. The van der Waals surface area contributed by atoms with Crippen LogP contribution in [0.1, 0.15) is 37.0 Å². The molecular formula is C15H20N4OS. The number of rotatable bonds is 6. The van der Waals surface area contributed by atoms with Gasteiger partial charge >= 0.3 is 0 Å². The highest BCUT2D eigenvalue weighted by Gasteiger charge is 2.12. The molecule has 0 atom stereocenters. The van der Waals surface area contributed by atoms with Crippen LogP contribution in [0.25, 0.3) is 0 Å². The molecule has 0 aliphatic rings. The maximum atomic E-state index is 12.2. The van der Waals surface area contributed by atoms with Crippen LogP contribution in [0.15, 0.2) is 24.3 Å². The molecule has 1 heterocycles. The molecule has 2 rings (SSSR count). The van der Waals surface area contributed by atoms with E-state index in [1.54, 1.807) is 4.90 Å². The molecule has 0 bridgehead atoms. The number of aromatic nitrogens is 2. The third kappa shape index (κ3) is 3.78. The highest BCUT2D eigenvalue weighted by molar-refractivity contribution is 7.09. The first kappa shape index (κ1) is 15.4. The van der Waals surface area contributed by atoms with Gasteiger partial charge in [-0.05, 0) is 38.1 Å². The summed E-state index contributed by atoms with van der Waals surface area (Å²) in [6, 6.07) is 7.46. The molecule has 0 saturated carbocycles. The molecule has 6 heteroatoms. The molecule has 1 amide bonds. The van der Waals surface area contributed by atoms with Gasteiger partial charge in [0.2, 0.25) is 5.13 Å². The van der Waals surface area contributed by atoms with Crippen molar-refractivity contribution in [1.82, 2.24) is 14.3 Å². The molecule has 1 aromatic heterocycles. The average Bonchev–Trinajstić information content (AvgIpc) is 2.97. The van der Waals surface area contributed by atoms with Crippen LogP contribution in [-0.2, 0) is 6.42 Å². The molecular weight excluding hydrogens is 284 g/mol. The summed E-state index contributed by atoms with van der Waals surface area (Å²) in [5.41, 5.74) is 1.61. The van der Waals surface area contributed by atoms with Gasteiger partial charge in [-0.1, -0.05) is 6.92 Å². The molecule has 0 fully saturated rings. The zero-order valence-electron chi connectivity index (χ0n) is 12.6. The van der Waals surface area contributed by atoms with Crippen LogP contribution in [-0.4, -0.2) is 33.3 Å². The highest BCUT2D eigenvalue weighted by atomic mass is 32.1. The summed E-state index contributed by atoms with van der Waals surface area (Å²) in [6.07, 6.45) is 0.829. The zero-order valence-corrected chi connectivity index (χ0v) is 13.4. The van der Waals surface area contributed by atoms with Crippen LogP contribution < -0.4 is 5.32 Å². The lowest BCUT2D eigenvalue weighted by molar-refractivity contribution is 0.0773. The second kappa shape index (κ2) is 7.17. The third-order valence-corrected chi connectivity index (χ3v) is 3.89. The zero-order chi connectivity index (χ0) is 15.2. The van der Waals surface area contributed by atoms with Gasteiger partial charge in [0.05, 0.1) is 0 Å². The number of anilines is 2. The lowest BCUT2D eigenvalue weighted by Gasteiger charge is -2.18. The normalized spacial score (nSPS) is 10.4. The number of nitrogens with zero attached hydrogens (tertiary/aromatic N) is 3. The molecule has 1 aromatic carbocycles. The van der Waals surface area contributed by atoms with E-state index in [9.17, 15) is 4.79 Å². The van der Waals surface area contributed by atoms with E-state index in [4.69, 9.17) is 0 Å². The third-order valence-electron chi connectivity index (χ3n) is 3.22. The van der Waals surface area contributed by atoms with E-state index in [1.807, 2.05) is 45.0 Å². The quantitative estimate of drug-likeness (QED) is 0.889. The van der Waals surface area contributed by atoms with E-state index in [0.29, 0.717) is 5.56 Å². The molecule has 5 nitrogen and oxygen atoms in total. The monoisotopic (exact) mass is 304 g/mol. The molecule has 21 heavy (non-hydrogen) atoms. The summed E-state index contributed by atoms with van der Waals surface area (Å²) in [4.78, 5) is 18.4. The average molecular weight is 304 g/mol. The Morgan fingerprint density at radius 1 is 1.19 bits per heavy atom. The fraction of sp³-hybridized carbons (Fsp3) is 0.400. The van der Waals surface area contributed by atoms with Gasteiger partial charge in [-0.15, -0.1) is 0 Å². The lowest BCUT2D eigenvalue weighted by Crippen LogP contribution is -2.30. The minimum absolute atomic E-state index is 0.0655. The Balaban J connectivity index is 2.06. The van der Waals surface area contributed by atoms with Crippen molar-refractivity contribution in [2.45, 2.75) is 27.2 Å². The van der Waals surface area contributed by atoms with Gasteiger partial charge in [0.25, 0.3) is 5.91 Å². The van der Waals surface area contributed by atoms with E-state index < -0.39 is 0 Å². The number of nitrogens with one attached hydrogen (secondary N) is 1. The van der Waals surface area contributed by atoms with E-state index >= 15 is 0 Å². The van der Waals surface area contributed by atoms with Crippen molar-refractivity contribution in [3.63, 3.8) is 0 Å². The summed E-state index contributed by atoms with van der Waals surface area (Å²) in [5.74, 6) is 0.909. The number of aryl methyl sites for hydroxylation is 1. The fourth-order valence-corrected chi connectivity index (χ4v) is 2.63. The molecule has 0 spiro atoms. The first-order valence-corrected chi connectivity index (χ1v) is 7.94. The number of carbonyl (C=O) groups is 1. The number of hydrogen-bond acceptors (Lipinski definition) is 5. The Morgan fingerprint density at radius 3 is 2.38 bits per heavy atom. The maximum absolute atomic E-state index is 12.2. The molecule has 0 unspecified atom stereocenters. The molecule has 2 aromatic rings.